The normalized spacial score (nSPS) is 20.9. The van der Waals surface area contributed by atoms with Gasteiger partial charge in [-0.25, -0.2) is 0 Å². The van der Waals surface area contributed by atoms with Gasteiger partial charge in [0.2, 0.25) is 0 Å². The molecule has 3 aliphatic heterocycles. The number of nitrogens with zero attached hydrogens (tertiary/aromatic N) is 2. The Hall–Kier alpha value is -2.13. The van der Waals surface area contributed by atoms with Crippen molar-refractivity contribution < 1.29 is 9.47 Å². The van der Waals surface area contributed by atoms with Gasteiger partial charge in [0.25, 0.3) is 0 Å². The van der Waals surface area contributed by atoms with E-state index in [1.165, 1.54) is 5.69 Å². The number of ether oxygens (including phenoxy) is 2. The first-order valence-corrected chi connectivity index (χ1v) is 8.84. The van der Waals surface area contributed by atoms with Crippen LogP contribution < -0.4 is 25.0 Å². The van der Waals surface area contributed by atoms with Crippen LogP contribution in [0.15, 0.2) is 12.1 Å². The van der Waals surface area contributed by atoms with Gasteiger partial charge in [-0.05, 0) is 32.4 Å². The monoisotopic (exact) mass is 328 g/mol. The largest absolute Gasteiger partial charge is 0.486 e. The van der Waals surface area contributed by atoms with E-state index in [1.54, 1.807) is 0 Å². The molecule has 0 unspecified atom stereocenters. The van der Waals surface area contributed by atoms with Crippen LogP contribution in [0.2, 0.25) is 0 Å². The summed E-state index contributed by atoms with van der Waals surface area (Å²) in [6, 6.07) is 6.44. The highest BCUT2D eigenvalue weighted by Crippen LogP contribution is 2.45. The van der Waals surface area contributed by atoms with Crippen molar-refractivity contribution in [3.05, 3.63) is 12.1 Å². The Labute approximate surface area is 142 Å². The van der Waals surface area contributed by atoms with Gasteiger partial charge in [-0.15, -0.1) is 0 Å². The Balaban J connectivity index is 1.66. The third-order valence-electron chi connectivity index (χ3n) is 5.17. The van der Waals surface area contributed by atoms with Gasteiger partial charge in [0.15, 0.2) is 11.5 Å². The number of fused-ring (bicyclic) bond motifs is 2. The minimum absolute atomic E-state index is 0.106. The molecule has 0 aliphatic carbocycles. The lowest BCUT2D eigenvalue weighted by atomic mass is 9.85. The number of nitrogens with one attached hydrogen (secondary N) is 2. The molecule has 0 saturated carbocycles. The minimum Gasteiger partial charge on any atom is -0.486 e. The van der Waals surface area contributed by atoms with E-state index in [1.807, 2.05) is 0 Å². The van der Waals surface area contributed by atoms with Crippen molar-refractivity contribution in [1.82, 2.24) is 5.32 Å². The molecule has 3 aliphatic rings. The molecule has 128 valence electrons. The molecule has 2 N–H and O–H groups in total. The Morgan fingerprint density at radius 2 is 1.92 bits per heavy atom. The molecule has 1 spiro atoms. The highest BCUT2D eigenvalue weighted by atomic mass is 16.6. The third-order valence-corrected chi connectivity index (χ3v) is 5.17. The molecule has 24 heavy (non-hydrogen) atoms. The van der Waals surface area contributed by atoms with E-state index in [4.69, 9.17) is 14.7 Å². The number of hydrogen-bond acceptors (Lipinski definition) is 6. The zero-order valence-corrected chi connectivity index (χ0v) is 13.9. The van der Waals surface area contributed by atoms with Gasteiger partial charge in [-0.1, -0.05) is 0 Å². The summed E-state index contributed by atoms with van der Waals surface area (Å²) in [4.78, 5) is 2.42. The van der Waals surface area contributed by atoms with Crippen LogP contribution in [0.1, 0.15) is 25.7 Å². The Kier molecular flexibility index (Phi) is 4.11. The maximum atomic E-state index is 8.87. The fourth-order valence-corrected chi connectivity index (χ4v) is 3.95. The molecule has 0 atom stereocenters. The molecular weight excluding hydrogens is 304 g/mol. The standard InChI is InChI=1S/C18H24N4O2/c19-5-1-2-8-22-13-18(3-6-20-7-4-18)21-14-11-16-17(12-15(14)22)24-10-9-23-16/h11-12,20-21H,1-4,6-10,13H2. The van der Waals surface area contributed by atoms with Crippen molar-refractivity contribution in [2.24, 2.45) is 0 Å². The van der Waals surface area contributed by atoms with Crippen LogP contribution in [0.4, 0.5) is 11.4 Å². The molecule has 0 radical (unpaired) electrons. The van der Waals surface area contributed by atoms with E-state index in [2.05, 4.69) is 33.7 Å². The maximum absolute atomic E-state index is 8.87. The summed E-state index contributed by atoms with van der Waals surface area (Å²) in [5, 5.41) is 16.1. The van der Waals surface area contributed by atoms with Crippen molar-refractivity contribution in [2.75, 3.05) is 49.6 Å². The van der Waals surface area contributed by atoms with Gasteiger partial charge < -0.3 is 25.0 Å². The summed E-state index contributed by atoms with van der Waals surface area (Å²) in [6.07, 6.45) is 3.70. The fourth-order valence-electron chi connectivity index (χ4n) is 3.95. The third kappa shape index (κ3) is 2.84. The first kappa shape index (κ1) is 15.4. The fraction of sp³-hybridized carbons (Fsp3) is 0.611. The highest BCUT2D eigenvalue weighted by Gasteiger charge is 2.39. The molecule has 4 rings (SSSR count). The van der Waals surface area contributed by atoms with Crippen LogP contribution in [0.3, 0.4) is 0 Å². The predicted octanol–water partition coefficient (Wildman–Crippen LogP) is 2.12. The smallest absolute Gasteiger partial charge is 0.163 e. The molecule has 1 saturated heterocycles. The molecule has 3 heterocycles. The lowest BCUT2D eigenvalue weighted by molar-refractivity contribution is 0.171. The lowest BCUT2D eigenvalue weighted by Crippen LogP contribution is -2.57. The molecule has 0 bridgehead atoms. The number of benzene rings is 1. The number of piperidine rings is 1. The molecule has 1 fully saturated rings. The Morgan fingerprint density at radius 1 is 1.17 bits per heavy atom. The van der Waals surface area contributed by atoms with Crippen molar-refractivity contribution >= 4 is 11.4 Å². The van der Waals surface area contributed by atoms with Crippen molar-refractivity contribution in [3.63, 3.8) is 0 Å². The van der Waals surface area contributed by atoms with Crippen molar-refractivity contribution in [1.29, 1.82) is 5.26 Å². The average molecular weight is 328 g/mol. The minimum atomic E-state index is 0.106. The maximum Gasteiger partial charge on any atom is 0.163 e. The van der Waals surface area contributed by atoms with Gasteiger partial charge in [0.05, 0.1) is 23.0 Å². The average Bonchev–Trinajstić information content (AvgIpc) is 2.61. The highest BCUT2D eigenvalue weighted by molar-refractivity contribution is 5.78. The predicted molar refractivity (Wildman–Crippen MR) is 92.9 cm³/mol. The lowest BCUT2D eigenvalue weighted by Gasteiger charge is -2.48. The van der Waals surface area contributed by atoms with Crippen molar-refractivity contribution in [3.8, 4) is 17.6 Å². The van der Waals surface area contributed by atoms with Crippen LogP contribution in [0.25, 0.3) is 0 Å². The molecule has 0 aromatic heterocycles. The number of hydrogen-bond donors (Lipinski definition) is 2. The number of rotatable bonds is 3. The van der Waals surface area contributed by atoms with E-state index in [9.17, 15) is 0 Å². The van der Waals surface area contributed by atoms with Crippen molar-refractivity contribution in [2.45, 2.75) is 31.2 Å². The molecular formula is C18H24N4O2. The van der Waals surface area contributed by atoms with E-state index >= 15 is 0 Å². The van der Waals surface area contributed by atoms with Crippen LogP contribution in [-0.2, 0) is 0 Å². The van der Waals surface area contributed by atoms with E-state index in [-0.39, 0.29) is 5.54 Å². The zero-order chi connectivity index (χ0) is 16.4. The van der Waals surface area contributed by atoms with Gasteiger partial charge in [-0.2, -0.15) is 5.26 Å². The summed E-state index contributed by atoms with van der Waals surface area (Å²) in [5.41, 5.74) is 2.40. The van der Waals surface area contributed by atoms with E-state index in [0.29, 0.717) is 19.6 Å². The number of anilines is 2. The molecule has 6 heteroatoms. The Morgan fingerprint density at radius 3 is 2.67 bits per heavy atom. The summed E-state index contributed by atoms with van der Waals surface area (Å²) in [6.45, 7) is 5.16. The van der Waals surface area contributed by atoms with Gasteiger partial charge in [0.1, 0.15) is 13.2 Å². The van der Waals surface area contributed by atoms with E-state index < -0.39 is 0 Å². The quantitative estimate of drug-likeness (QED) is 0.828. The summed E-state index contributed by atoms with van der Waals surface area (Å²) in [7, 11) is 0. The first-order valence-electron chi connectivity index (χ1n) is 8.84. The summed E-state index contributed by atoms with van der Waals surface area (Å²) >= 11 is 0. The summed E-state index contributed by atoms with van der Waals surface area (Å²) < 4.78 is 11.5. The SMILES string of the molecule is N#CCCCN1CC2(CCNCC2)Nc2cc3c(cc21)OCCO3. The second kappa shape index (κ2) is 6.40. The molecule has 1 aromatic carbocycles. The van der Waals surface area contributed by atoms with Crippen LogP contribution >= 0.6 is 0 Å². The van der Waals surface area contributed by atoms with E-state index in [0.717, 1.165) is 62.6 Å². The second-order valence-corrected chi connectivity index (χ2v) is 6.85. The van der Waals surface area contributed by atoms with Crippen LogP contribution in [0, 0.1) is 11.3 Å². The second-order valence-electron chi connectivity index (χ2n) is 6.85. The van der Waals surface area contributed by atoms with Crippen LogP contribution in [0.5, 0.6) is 11.5 Å². The topological polar surface area (TPSA) is 69.6 Å². The van der Waals surface area contributed by atoms with Crippen LogP contribution in [-0.4, -0.2) is 44.9 Å². The molecule has 6 nitrogen and oxygen atoms in total. The number of unbranched alkanes of at least 4 members (excludes halogenated alkanes) is 1. The van der Waals surface area contributed by atoms with Gasteiger partial charge in [-0.3, -0.25) is 0 Å². The summed E-state index contributed by atoms with van der Waals surface area (Å²) in [5.74, 6) is 1.66. The number of nitriles is 1. The first-order chi connectivity index (χ1) is 11.8. The zero-order valence-electron chi connectivity index (χ0n) is 13.9. The van der Waals surface area contributed by atoms with Gasteiger partial charge in [0, 0.05) is 31.6 Å². The van der Waals surface area contributed by atoms with Gasteiger partial charge >= 0.3 is 0 Å². The molecule has 0 amide bonds. The Bertz CT molecular complexity index is 649. The molecule has 1 aromatic rings.